The zero-order valence-electron chi connectivity index (χ0n) is 11.8. The summed E-state index contributed by atoms with van der Waals surface area (Å²) in [5.41, 5.74) is 0.702. The average Bonchev–Trinajstić information content (AvgIpc) is 2.63. The van der Waals surface area contributed by atoms with Gasteiger partial charge in [-0.1, -0.05) is 13.8 Å². The van der Waals surface area contributed by atoms with Crippen molar-refractivity contribution in [3.63, 3.8) is 0 Å². The predicted octanol–water partition coefficient (Wildman–Crippen LogP) is 0.310. The highest BCUT2D eigenvalue weighted by Crippen LogP contribution is 2.20. The van der Waals surface area contributed by atoms with E-state index in [1.54, 1.807) is 0 Å². The smallest absolute Gasteiger partial charge is 0.259 e. The number of hydrogen-bond acceptors (Lipinski definition) is 5. The normalized spacial score (nSPS) is 14.2. The third-order valence-corrected chi connectivity index (χ3v) is 4.22. The van der Waals surface area contributed by atoms with Crippen molar-refractivity contribution in [1.82, 2.24) is 10.6 Å². The third kappa shape index (κ3) is 3.79. The van der Waals surface area contributed by atoms with E-state index in [2.05, 4.69) is 15.4 Å². The molecule has 0 aliphatic carbocycles. The fourth-order valence-corrected chi connectivity index (χ4v) is 2.92. The van der Waals surface area contributed by atoms with E-state index in [1.165, 1.54) is 18.2 Å². The molecular formula is C13H17N3O4S. The zero-order valence-corrected chi connectivity index (χ0v) is 12.6. The van der Waals surface area contributed by atoms with E-state index in [1.807, 2.05) is 13.8 Å². The first kappa shape index (κ1) is 15.5. The molecule has 0 atom stereocenters. The van der Waals surface area contributed by atoms with Gasteiger partial charge in [0.15, 0.2) is 0 Å². The van der Waals surface area contributed by atoms with E-state index >= 15 is 0 Å². The van der Waals surface area contributed by atoms with Crippen molar-refractivity contribution in [1.29, 1.82) is 0 Å². The second kappa shape index (κ2) is 5.82. The number of anilines is 1. The lowest BCUT2D eigenvalue weighted by molar-refractivity contribution is 0.0879. The number of benzene rings is 1. The van der Waals surface area contributed by atoms with Crippen molar-refractivity contribution in [3.8, 4) is 0 Å². The summed E-state index contributed by atoms with van der Waals surface area (Å²) in [4.78, 5) is 22.9. The van der Waals surface area contributed by atoms with E-state index < -0.39 is 21.8 Å². The molecule has 0 fully saturated rings. The van der Waals surface area contributed by atoms with Crippen molar-refractivity contribution in [2.45, 2.75) is 19.9 Å². The van der Waals surface area contributed by atoms with Gasteiger partial charge in [-0.3, -0.25) is 19.6 Å². The lowest BCUT2D eigenvalue weighted by atomic mass is 10.1. The van der Waals surface area contributed by atoms with Gasteiger partial charge in [0.2, 0.25) is 10.0 Å². The molecule has 7 nitrogen and oxygen atoms in total. The number of rotatable bonds is 6. The standard InChI is InChI=1S/C13H17N3O4S/c1-8(2)14-5-6-21(19,20)16-9-3-4-10-11(7-9)13(18)15-12(10)17/h3-4,7-8,14,16H,5-6H2,1-2H3,(H,15,17,18). The summed E-state index contributed by atoms with van der Waals surface area (Å²) in [7, 11) is -3.51. The Morgan fingerprint density at radius 1 is 1.14 bits per heavy atom. The Morgan fingerprint density at radius 2 is 1.81 bits per heavy atom. The van der Waals surface area contributed by atoms with Crippen molar-refractivity contribution in [2.24, 2.45) is 0 Å². The zero-order chi connectivity index (χ0) is 15.6. The Balaban J connectivity index is 2.08. The first-order valence-corrected chi connectivity index (χ1v) is 8.17. The molecule has 2 rings (SSSR count). The van der Waals surface area contributed by atoms with Crippen molar-refractivity contribution in [2.75, 3.05) is 17.0 Å². The summed E-state index contributed by atoms with van der Waals surface area (Å²) in [6.07, 6.45) is 0. The highest BCUT2D eigenvalue weighted by molar-refractivity contribution is 7.92. The molecule has 0 saturated heterocycles. The number of nitrogens with one attached hydrogen (secondary N) is 3. The van der Waals surface area contributed by atoms with Gasteiger partial charge in [-0.15, -0.1) is 0 Å². The van der Waals surface area contributed by atoms with Crippen LogP contribution in [0.1, 0.15) is 34.6 Å². The highest BCUT2D eigenvalue weighted by Gasteiger charge is 2.27. The van der Waals surface area contributed by atoms with Crippen LogP contribution in [0.2, 0.25) is 0 Å². The number of fused-ring (bicyclic) bond motifs is 1. The average molecular weight is 311 g/mol. The molecule has 0 bridgehead atoms. The van der Waals surface area contributed by atoms with Crippen LogP contribution in [0.25, 0.3) is 0 Å². The number of hydrogen-bond donors (Lipinski definition) is 3. The number of carbonyl (C=O) groups excluding carboxylic acids is 2. The lowest BCUT2D eigenvalue weighted by Crippen LogP contribution is -2.30. The first-order chi connectivity index (χ1) is 9.78. The largest absolute Gasteiger partial charge is 0.313 e. The molecule has 1 aliphatic heterocycles. The van der Waals surface area contributed by atoms with Crippen LogP contribution >= 0.6 is 0 Å². The Bertz CT molecular complexity index is 683. The maximum Gasteiger partial charge on any atom is 0.259 e. The summed E-state index contributed by atoms with van der Waals surface area (Å²) in [5.74, 6) is -1.06. The molecule has 0 saturated carbocycles. The van der Waals surface area contributed by atoms with Gasteiger partial charge in [0.1, 0.15) is 0 Å². The SMILES string of the molecule is CC(C)NCCS(=O)(=O)Nc1ccc2c(c1)C(=O)NC2=O. The Hall–Kier alpha value is -1.93. The fourth-order valence-electron chi connectivity index (χ4n) is 1.94. The van der Waals surface area contributed by atoms with E-state index in [0.717, 1.165) is 0 Å². The number of sulfonamides is 1. The molecule has 0 unspecified atom stereocenters. The van der Waals surface area contributed by atoms with Gasteiger partial charge in [0.05, 0.1) is 16.9 Å². The monoisotopic (exact) mass is 311 g/mol. The molecule has 1 aromatic carbocycles. The molecule has 1 heterocycles. The minimum atomic E-state index is -3.51. The van der Waals surface area contributed by atoms with Crippen molar-refractivity contribution in [3.05, 3.63) is 29.3 Å². The molecule has 0 spiro atoms. The van der Waals surface area contributed by atoms with Crippen LogP contribution < -0.4 is 15.4 Å². The summed E-state index contributed by atoms with van der Waals surface area (Å²) >= 11 is 0. The predicted molar refractivity (Wildman–Crippen MR) is 78.8 cm³/mol. The Morgan fingerprint density at radius 3 is 2.48 bits per heavy atom. The van der Waals surface area contributed by atoms with Crippen LogP contribution in [-0.4, -0.2) is 38.6 Å². The van der Waals surface area contributed by atoms with Crippen LogP contribution in [0.15, 0.2) is 18.2 Å². The molecule has 8 heteroatoms. The van der Waals surface area contributed by atoms with E-state index in [9.17, 15) is 18.0 Å². The minimum absolute atomic E-state index is 0.0760. The van der Waals surface area contributed by atoms with Crippen LogP contribution in [0.5, 0.6) is 0 Å². The number of carbonyl (C=O) groups is 2. The molecule has 1 aromatic rings. The number of amides is 2. The van der Waals surface area contributed by atoms with E-state index in [-0.39, 0.29) is 28.6 Å². The van der Waals surface area contributed by atoms with Gasteiger partial charge in [0, 0.05) is 18.3 Å². The molecule has 2 amide bonds. The molecule has 3 N–H and O–H groups in total. The third-order valence-electron chi connectivity index (χ3n) is 2.93. The second-order valence-corrected chi connectivity index (χ2v) is 6.92. The van der Waals surface area contributed by atoms with Gasteiger partial charge in [-0.25, -0.2) is 8.42 Å². The topological polar surface area (TPSA) is 104 Å². The summed E-state index contributed by atoms with van der Waals surface area (Å²) in [5, 5.41) is 5.17. The molecule has 0 radical (unpaired) electrons. The summed E-state index contributed by atoms with van der Waals surface area (Å²) in [6.45, 7) is 4.18. The van der Waals surface area contributed by atoms with Crippen LogP contribution in [-0.2, 0) is 10.0 Å². The Kier molecular flexibility index (Phi) is 4.29. The molecule has 0 aromatic heterocycles. The van der Waals surface area contributed by atoms with Gasteiger partial charge in [-0.05, 0) is 18.2 Å². The van der Waals surface area contributed by atoms with Gasteiger partial charge < -0.3 is 5.32 Å². The second-order valence-electron chi connectivity index (χ2n) is 5.07. The van der Waals surface area contributed by atoms with E-state index in [0.29, 0.717) is 6.54 Å². The maximum absolute atomic E-state index is 11.9. The van der Waals surface area contributed by atoms with Crippen LogP contribution in [0.4, 0.5) is 5.69 Å². The highest BCUT2D eigenvalue weighted by atomic mass is 32.2. The van der Waals surface area contributed by atoms with Crippen molar-refractivity contribution >= 4 is 27.5 Å². The lowest BCUT2D eigenvalue weighted by Gasteiger charge is -2.11. The summed E-state index contributed by atoms with van der Waals surface area (Å²) in [6, 6.07) is 4.46. The van der Waals surface area contributed by atoms with E-state index in [4.69, 9.17) is 0 Å². The van der Waals surface area contributed by atoms with Crippen molar-refractivity contribution < 1.29 is 18.0 Å². The van der Waals surface area contributed by atoms with Crippen LogP contribution in [0.3, 0.4) is 0 Å². The maximum atomic E-state index is 11.9. The van der Waals surface area contributed by atoms with Crippen LogP contribution in [0, 0.1) is 0 Å². The van der Waals surface area contributed by atoms with Gasteiger partial charge in [-0.2, -0.15) is 0 Å². The molecular weight excluding hydrogens is 294 g/mol. The molecule has 21 heavy (non-hydrogen) atoms. The quantitative estimate of drug-likeness (QED) is 0.656. The van der Waals surface area contributed by atoms with Gasteiger partial charge in [0.25, 0.3) is 11.8 Å². The Labute approximate surface area is 123 Å². The molecule has 1 aliphatic rings. The summed E-state index contributed by atoms with van der Waals surface area (Å²) < 4.78 is 26.2. The molecule has 114 valence electrons. The number of imide groups is 1. The van der Waals surface area contributed by atoms with Gasteiger partial charge >= 0.3 is 0 Å². The minimum Gasteiger partial charge on any atom is -0.313 e. The first-order valence-electron chi connectivity index (χ1n) is 6.52. The fraction of sp³-hybridized carbons (Fsp3) is 0.385.